The molecule has 0 atom stereocenters. The summed E-state index contributed by atoms with van der Waals surface area (Å²) in [7, 11) is 0. The number of rotatable bonds is 4. The molecule has 0 spiro atoms. The lowest BCUT2D eigenvalue weighted by atomic mass is 9.78. The summed E-state index contributed by atoms with van der Waals surface area (Å²) in [5.41, 5.74) is 4.12. The fraction of sp³-hybridized carbons (Fsp3) is 0.231. The maximum absolute atomic E-state index is 12.1. The number of hydrogen-bond donors (Lipinski definition) is 0. The maximum Gasteiger partial charge on any atom is 0.343 e. The van der Waals surface area contributed by atoms with E-state index in [1.165, 1.54) is 30.5 Å². The van der Waals surface area contributed by atoms with Gasteiger partial charge >= 0.3 is 5.97 Å². The van der Waals surface area contributed by atoms with Gasteiger partial charge in [-0.3, -0.25) is 0 Å². The van der Waals surface area contributed by atoms with Crippen LogP contribution in [-0.4, -0.2) is 11.8 Å². The van der Waals surface area contributed by atoms with Crippen molar-refractivity contribution in [1.29, 1.82) is 0 Å². The Morgan fingerprint density at radius 1 is 0.724 bits per heavy atom. The fourth-order valence-corrected chi connectivity index (χ4v) is 2.82. The minimum absolute atomic E-state index is 0.115. The monoisotopic (exact) mass is 388 g/mol. The number of ketones is 1. The molecule has 0 radical (unpaired) electrons. The smallest absolute Gasteiger partial charge is 0.343 e. The van der Waals surface area contributed by atoms with Crippen molar-refractivity contribution < 1.29 is 14.3 Å². The molecule has 0 aliphatic rings. The lowest BCUT2D eigenvalue weighted by Crippen LogP contribution is -2.18. The average Bonchev–Trinajstić information content (AvgIpc) is 2.69. The molecule has 3 heteroatoms. The molecule has 0 aliphatic carbocycles. The first kappa shape index (κ1) is 22.1. The molecular formula is C26H28O3. The second-order valence-corrected chi connectivity index (χ2v) is 7.68. The van der Waals surface area contributed by atoms with E-state index in [1.54, 1.807) is 12.1 Å². The Morgan fingerprint density at radius 3 is 1.66 bits per heavy atom. The fourth-order valence-electron chi connectivity index (χ4n) is 2.82. The van der Waals surface area contributed by atoms with Crippen LogP contribution in [0.15, 0.2) is 78.9 Å². The second-order valence-electron chi connectivity index (χ2n) is 7.68. The van der Waals surface area contributed by atoms with E-state index in [1.807, 2.05) is 42.5 Å². The molecule has 3 aromatic rings. The predicted octanol–water partition coefficient (Wildman–Crippen LogP) is 6.14. The van der Waals surface area contributed by atoms with Crippen LogP contribution in [0.2, 0.25) is 0 Å². The van der Waals surface area contributed by atoms with Gasteiger partial charge in [0.1, 0.15) is 11.5 Å². The van der Waals surface area contributed by atoms with Gasteiger partial charge in [-0.1, -0.05) is 74.0 Å². The molecular weight excluding hydrogens is 360 g/mol. The third-order valence-electron chi connectivity index (χ3n) is 4.57. The standard InChI is InChI=1S/C23H22O2.C3H6O/c1-17-9-11-19(12-10-17)23(2,3)20-13-15-21(16-14-20)25-22(24)18-7-5-4-6-8-18;1-3(2)4/h4-16H,1-3H3;1-2H3. The van der Waals surface area contributed by atoms with Crippen LogP contribution in [0.4, 0.5) is 0 Å². The number of Topliss-reactive ketones (excluding diaryl/α,β-unsaturated/α-hetero) is 1. The number of esters is 1. The topological polar surface area (TPSA) is 43.4 Å². The molecule has 0 saturated carbocycles. The van der Waals surface area contributed by atoms with E-state index in [0.29, 0.717) is 11.3 Å². The van der Waals surface area contributed by atoms with Gasteiger partial charge in [0, 0.05) is 5.41 Å². The highest BCUT2D eigenvalue weighted by Crippen LogP contribution is 2.32. The highest BCUT2D eigenvalue weighted by Gasteiger charge is 2.23. The van der Waals surface area contributed by atoms with Crippen LogP contribution in [0.1, 0.15) is 54.7 Å². The Balaban J connectivity index is 0.000000687. The van der Waals surface area contributed by atoms with E-state index in [2.05, 4.69) is 45.0 Å². The summed E-state index contributed by atoms with van der Waals surface area (Å²) >= 11 is 0. The van der Waals surface area contributed by atoms with E-state index in [4.69, 9.17) is 4.74 Å². The highest BCUT2D eigenvalue weighted by molar-refractivity contribution is 5.90. The van der Waals surface area contributed by atoms with Crippen molar-refractivity contribution in [3.63, 3.8) is 0 Å². The van der Waals surface area contributed by atoms with Gasteiger partial charge in [0.15, 0.2) is 0 Å². The molecule has 0 fully saturated rings. The summed E-state index contributed by atoms with van der Waals surface area (Å²) in [5.74, 6) is 0.378. The molecule has 3 aromatic carbocycles. The van der Waals surface area contributed by atoms with Gasteiger partial charge in [-0.05, 0) is 56.2 Å². The van der Waals surface area contributed by atoms with Crippen LogP contribution < -0.4 is 4.74 Å². The largest absolute Gasteiger partial charge is 0.423 e. The summed E-state index contributed by atoms with van der Waals surface area (Å²) in [6, 6.07) is 25.4. The van der Waals surface area contributed by atoms with E-state index < -0.39 is 0 Å². The normalized spacial score (nSPS) is 10.5. The quantitative estimate of drug-likeness (QED) is 0.398. The number of benzene rings is 3. The summed E-state index contributed by atoms with van der Waals surface area (Å²) in [4.78, 5) is 21.6. The molecule has 0 unspecified atom stereocenters. The van der Waals surface area contributed by atoms with E-state index in [0.717, 1.165) is 0 Å². The van der Waals surface area contributed by atoms with Crippen molar-refractivity contribution >= 4 is 11.8 Å². The Bertz CT molecular complexity index is 934. The molecule has 0 aliphatic heterocycles. The molecule has 0 bridgehead atoms. The lowest BCUT2D eigenvalue weighted by molar-refractivity contribution is -0.115. The third kappa shape index (κ3) is 6.42. The zero-order chi connectivity index (χ0) is 21.4. The number of aryl methyl sites for hydroxylation is 1. The van der Waals surface area contributed by atoms with Crippen molar-refractivity contribution in [2.24, 2.45) is 0 Å². The molecule has 150 valence electrons. The van der Waals surface area contributed by atoms with Gasteiger partial charge in [0.05, 0.1) is 5.56 Å². The van der Waals surface area contributed by atoms with Crippen molar-refractivity contribution in [3.8, 4) is 5.75 Å². The summed E-state index contributed by atoms with van der Waals surface area (Å²) < 4.78 is 5.45. The van der Waals surface area contributed by atoms with E-state index in [-0.39, 0.29) is 17.2 Å². The Morgan fingerprint density at radius 2 is 1.17 bits per heavy atom. The van der Waals surface area contributed by atoms with Gasteiger partial charge in [0.25, 0.3) is 0 Å². The number of hydrogen-bond acceptors (Lipinski definition) is 3. The van der Waals surface area contributed by atoms with Gasteiger partial charge < -0.3 is 9.53 Å². The number of carbonyl (C=O) groups excluding carboxylic acids is 2. The van der Waals surface area contributed by atoms with Crippen LogP contribution in [0.25, 0.3) is 0 Å². The van der Waals surface area contributed by atoms with Crippen LogP contribution in [0.3, 0.4) is 0 Å². The molecule has 0 N–H and O–H groups in total. The SMILES string of the molecule is CC(C)=O.Cc1ccc(C(C)(C)c2ccc(OC(=O)c3ccccc3)cc2)cc1. The number of ether oxygens (including phenoxy) is 1. The van der Waals surface area contributed by atoms with Crippen LogP contribution >= 0.6 is 0 Å². The zero-order valence-corrected chi connectivity index (χ0v) is 17.7. The van der Waals surface area contributed by atoms with Crippen LogP contribution in [0.5, 0.6) is 5.75 Å². The first-order valence-electron chi connectivity index (χ1n) is 9.62. The highest BCUT2D eigenvalue weighted by atomic mass is 16.5. The van der Waals surface area contributed by atoms with Gasteiger partial charge in [0.2, 0.25) is 0 Å². The minimum Gasteiger partial charge on any atom is -0.423 e. The minimum atomic E-state index is -0.342. The third-order valence-corrected chi connectivity index (χ3v) is 4.57. The molecule has 0 aromatic heterocycles. The van der Waals surface area contributed by atoms with Crippen molar-refractivity contribution in [3.05, 3.63) is 101 Å². The molecule has 0 amide bonds. The summed E-state index contributed by atoms with van der Waals surface area (Å²) in [5, 5.41) is 0. The first-order valence-corrected chi connectivity index (χ1v) is 9.62. The average molecular weight is 389 g/mol. The summed E-state index contributed by atoms with van der Waals surface area (Å²) in [6.45, 7) is 9.54. The Kier molecular flexibility index (Phi) is 7.49. The van der Waals surface area contributed by atoms with Crippen LogP contribution in [0, 0.1) is 6.92 Å². The molecule has 0 saturated heterocycles. The van der Waals surface area contributed by atoms with Gasteiger partial charge in [-0.15, -0.1) is 0 Å². The molecule has 3 rings (SSSR count). The van der Waals surface area contributed by atoms with Crippen molar-refractivity contribution in [2.45, 2.75) is 40.0 Å². The van der Waals surface area contributed by atoms with Gasteiger partial charge in [-0.2, -0.15) is 0 Å². The van der Waals surface area contributed by atoms with Gasteiger partial charge in [-0.25, -0.2) is 4.79 Å². The Hall–Kier alpha value is -3.20. The van der Waals surface area contributed by atoms with Crippen LogP contribution in [-0.2, 0) is 10.2 Å². The lowest BCUT2D eigenvalue weighted by Gasteiger charge is -2.26. The number of carbonyl (C=O) groups is 2. The second kappa shape index (κ2) is 9.83. The molecule has 0 heterocycles. The summed E-state index contributed by atoms with van der Waals surface area (Å²) in [6.07, 6.45) is 0. The van der Waals surface area contributed by atoms with E-state index in [9.17, 15) is 9.59 Å². The predicted molar refractivity (Wildman–Crippen MR) is 118 cm³/mol. The first-order chi connectivity index (χ1) is 13.7. The Labute approximate surface area is 173 Å². The van der Waals surface area contributed by atoms with Crippen molar-refractivity contribution in [1.82, 2.24) is 0 Å². The van der Waals surface area contributed by atoms with Crippen molar-refractivity contribution in [2.75, 3.05) is 0 Å². The zero-order valence-electron chi connectivity index (χ0n) is 17.7. The van der Waals surface area contributed by atoms with E-state index >= 15 is 0 Å². The molecule has 3 nitrogen and oxygen atoms in total. The molecule has 29 heavy (non-hydrogen) atoms. The maximum atomic E-state index is 12.1.